The van der Waals surface area contributed by atoms with Crippen LogP contribution in [0, 0.1) is 0 Å². The van der Waals surface area contributed by atoms with Crippen LogP contribution >= 0.6 is 23.3 Å². The maximum Gasteiger partial charge on any atom is 0.231 e. The third-order valence-corrected chi connectivity index (χ3v) is 2.99. The molecule has 4 nitrogen and oxygen atoms in total. The van der Waals surface area contributed by atoms with Gasteiger partial charge in [0.2, 0.25) is 6.79 Å². The Balaban J connectivity index is 2.11. The number of rotatable bonds is 1. The van der Waals surface area contributed by atoms with Gasteiger partial charge >= 0.3 is 0 Å². The number of nitrogens with zero attached hydrogens (tertiary/aromatic N) is 2. The summed E-state index contributed by atoms with van der Waals surface area (Å²) in [5, 5.41) is 0.416. The van der Waals surface area contributed by atoms with Crippen LogP contribution in [0.25, 0.3) is 11.3 Å². The molecule has 1 aliphatic rings. The Morgan fingerprint density at radius 2 is 2.07 bits per heavy atom. The predicted molar refractivity (Wildman–Crippen MR) is 56.5 cm³/mol. The van der Waals surface area contributed by atoms with Crippen LogP contribution < -0.4 is 9.47 Å². The highest BCUT2D eigenvalue weighted by atomic mass is 35.5. The highest BCUT2D eigenvalue weighted by Gasteiger charge is 2.16. The van der Waals surface area contributed by atoms with Gasteiger partial charge in [-0.2, -0.15) is 8.75 Å². The smallest absolute Gasteiger partial charge is 0.231 e. The summed E-state index contributed by atoms with van der Waals surface area (Å²) in [6.07, 6.45) is 0. The average Bonchev–Trinajstić information content (AvgIpc) is 2.84. The highest BCUT2D eigenvalue weighted by Crippen LogP contribution is 2.36. The van der Waals surface area contributed by atoms with Gasteiger partial charge in [-0.25, -0.2) is 0 Å². The van der Waals surface area contributed by atoms with E-state index in [-0.39, 0.29) is 6.79 Å². The topological polar surface area (TPSA) is 44.2 Å². The second-order valence-electron chi connectivity index (χ2n) is 2.97. The molecule has 0 atom stereocenters. The van der Waals surface area contributed by atoms with Crippen molar-refractivity contribution in [1.82, 2.24) is 8.75 Å². The van der Waals surface area contributed by atoms with Crippen LogP contribution in [0.4, 0.5) is 0 Å². The van der Waals surface area contributed by atoms with E-state index in [2.05, 4.69) is 8.75 Å². The third-order valence-electron chi connectivity index (χ3n) is 2.09. The Labute approximate surface area is 94.7 Å². The molecule has 1 aromatic heterocycles. The van der Waals surface area contributed by atoms with E-state index in [0.29, 0.717) is 10.8 Å². The van der Waals surface area contributed by atoms with Crippen LogP contribution in [0.2, 0.25) is 5.15 Å². The van der Waals surface area contributed by atoms with Crippen molar-refractivity contribution in [3.8, 4) is 22.8 Å². The first-order chi connectivity index (χ1) is 7.34. The lowest BCUT2D eigenvalue weighted by Gasteiger charge is -1.99. The van der Waals surface area contributed by atoms with Gasteiger partial charge in [0.05, 0.1) is 11.7 Å². The fourth-order valence-electron chi connectivity index (χ4n) is 1.39. The Morgan fingerprint density at radius 1 is 1.20 bits per heavy atom. The molecule has 0 radical (unpaired) electrons. The van der Waals surface area contributed by atoms with Gasteiger partial charge in [-0.05, 0) is 18.2 Å². The molecule has 0 spiro atoms. The van der Waals surface area contributed by atoms with E-state index in [4.69, 9.17) is 21.1 Å². The predicted octanol–water partition coefficient (Wildman–Crippen LogP) is 2.59. The summed E-state index contributed by atoms with van der Waals surface area (Å²) in [4.78, 5) is 0. The zero-order chi connectivity index (χ0) is 10.3. The van der Waals surface area contributed by atoms with E-state index >= 15 is 0 Å². The second-order valence-corrected chi connectivity index (χ2v) is 3.86. The average molecular weight is 241 g/mol. The molecule has 0 aliphatic carbocycles. The van der Waals surface area contributed by atoms with Gasteiger partial charge in [-0.15, -0.1) is 0 Å². The molecule has 2 aromatic rings. The van der Waals surface area contributed by atoms with E-state index < -0.39 is 0 Å². The Bertz CT molecular complexity index is 515. The van der Waals surface area contributed by atoms with Crippen LogP contribution in [-0.4, -0.2) is 15.5 Å². The van der Waals surface area contributed by atoms with Gasteiger partial charge in [-0.1, -0.05) is 11.6 Å². The summed E-state index contributed by atoms with van der Waals surface area (Å²) in [6.45, 7) is 0.266. The fourth-order valence-corrected chi connectivity index (χ4v) is 2.16. The molecule has 0 saturated heterocycles. The molecular weight excluding hydrogens is 236 g/mol. The second kappa shape index (κ2) is 3.36. The molecule has 1 aliphatic heterocycles. The number of benzene rings is 1. The summed E-state index contributed by atoms with van der Waals surface area (Å²) in [5.74, 6) is 1.47. The maximum absolute atomic E-state index is 5.89. The summed E-state index contributed by atoms with van der Waals surface area (Å²) < 4.78 is 18.5. The van der Waals surface area contributed by atoms with E-state index in [1.165, 1.54) is 0 Å². The first-order valence-corrected chi connectivity index (χ1v) is 5.33. The van der Waals surface area contributed by atoms with Crippen molar-refractivity contribution in [2.75, 3.05) is 6.79 Å². The fraction of sp³-hybridized carbons (Fsp3) is 0.111. The van der Waals surface area contributed by atoms with E-state index in [9.17, 15) is 0 Å². The molecule has 0 saturated carbocycles. The van der Waals surface area contributed by atoms with Crippen molar-refractivity contribution in [2.24, 2.45) is 0 Å². The zero-order valence-corrected chi connectivity index (χ0v) is 9.01. The van der Waals surface area contributed by atoms with Crippen LogP contribution in [0.3, 0.4) is 0 Å². The normalized spacial score (nSPS) is 13.1. The first kappa shape index (κ1) is 8.94. The molecule has 2 heterocycles. The standard InChI is InChI=1S/C9H5ClN2O2S/c10-9-8(11-15-12-9)5-1-2-6-7(3-5)14-4-13-6/h1-3H,4H2. The third kappa shape index (κ3) is 1.44. The molecule has 1 aromatic carbocycles. The Kier molecular flexibility index (Phi) is 2.00. The Hall–Kier alpha value is -1.33. The van der Waals surface area contributed by atoms with Crippen molar-refractivity contribution in [1.29, 1.82) is 0 Å². The van der Waals surface area contributed by atoms with Gasteiger partial charge in [-0.3, -0.25) is 0 Å². The maximum atomic E-state index is 5.89. The molecule has 76 valence electrons. The van der Waals surface area contributed by atoms with Crippen molar-refractivity contribution in [3.05, 3.63) is 23.4 Å². The molecular formula is C9H5ClN2O2S. The van der Waals surface area contributed by atoms with Crippen molar-refractivity contribution in [2.45, 2.75) is 0 Å². The van der Waals surface area contributed by atoms with Crippen LogP contribution in [0.1, 0.15) is 0 Å². The van der Waals surface area contributed by atoms with Gasteiger partial charge in [0, 0.05) is 5.56 Å². The Morgan fingerprint density at radius 3 is 2.87 bits per heavy atom. The lowest BCUT2D eigenvalue weighted by Crippen LogP contribution is -1.92. The number of fused-ring (bicyclic) bond motifs is 1. The zero-order valence-electron chi connectivity index (χ0n) is 7.44. The monoisotopic (exact) mass is 240 g/mol. The SMILES string of the molecule is Clc1nsnc1-c1ccc2c(c1)OCO2. The lowest BCUT2D eigenvalue weighted by molar-refractivity contribution is 0.174. The van der Waals surface area contributed by atoms with E-state index in [0.717, 1.165) is 28.8 Å². The number of ether oxygens (including phenoxy) is 2. The highest BCUT2D eigenvalue weighted by molar-refractivity contribution is 6.99. The molecule has 0 bridgehead atoms. The number of halogens is 1. The minimum Gasteiger partial charge on any atom is -0.454 e. The first-order valence-electron chi connectivity index (χ1n) is 4.22. The summed E-state index contributed by atoms with van der Waals surface area (Å²) in [5.41, 5.74) is 1.57. The molecule has 0 fully saturated rings. The number of aromatic nitrogens is 2. The molecule has 0 unspecified atom stereocenters. The lowest BCUT2D eigenvalue weighted by atomic mass is 10.1. The van der Waals surface area contributed by atoms with Crippen molar-refractivity contribution >= 4 is 23.3 Å². The van der Waals surface area contributed by atoms with E-state index in [1.807, 2.05) is 18.2 Å². The molecule has 6 heteroatoms. The quantitative estimate of drug-likeness (QED) is 0.769. The van der Waals surface area contributed by atoms with Crippen molar-refractivity contribution in [3.63, 3.8) is 0 Å². The molecule has 0 N–H and O–H groups in total. The largest absolute Gasteiger partial charge is 0.454 e. The summed E-state index contributed by atoms with van der Waals surface area (Å²) in [6, 6.07) is 5.58. The van der Waals surface area contributed by atoms with Gasteiger partial charge in [0.25, 0.3) is 0 Å². The van der Waals surface area contributed by atoms with Crippen LogP contribution in [0.5, 0.6) is 11.5 Å². The van der Waals surface area contributed by atoms with Crippen LogP contribution in [-0.2, 0) is 0 Å². The van der Waals surface area contributed by atoms with Crippen LogP contribution in [0.15, 0.2) is 18.2 Å². The molecule has 0 amide bonds. The minimum absolute atomic E-state index is 0.266. The van der Waals surface area contributed by atoms with Crippen molar-refractivity contribution < 1.29 is 9.47 Å². The van der Waals surface area contributed by atoms with Gasteiger partial charge in [0.15, 0.2) is 16.7 Å². The summed E-state index contributed by atoms with van der Waals surface area (Å²) in [7, 11) is 0. The molecule has 3 rings (SSSR count). The summed E-state index contributed by atoms with van der Waals surface area (Å²) >= 11 is 6.98. The van der Waals surface area contributed by atoms with Gasteiger partial charge < -0.3 is 9.47 Å². The number of hydrogen-bond donors (Lipinski definition) is 0. The van der Waals surface area contributed by atoms with Gasteiger partial charge in [0.1, 0.15) is 5.69 Å². The van der Waals surface area contributed by atoms with E-state index in [1.54, 1.807) is 0 Å². The molecule has 15 heavy (non-hydrogen) atoms. The number of hydrogen-bond acceptors (Lipinski definition) is 5. The minimum atomic E-state index is 0.266.